The van der Waals surface area contributed by atoms with Gasteiger partial charge in [0.2, 0.25) is 5.88 Å². The zero-order valence-corrected chi connectivity index (χ0v) is 16.3. The van der Waals surface area contributed by atoms with Crippen LogP contribution in [0, 0.1) is 11.3 Å². The van der Waals surface area contributed by atoms with Crippen LogP contribution in [0.15, 0.2) is 50.1 Å². The van der Waals surface area contributed by atoms with Crippen LogP contribution in [0.2, 0.25) is 0 Å². The highest BCUT2D eigenvalue weighted by molar-refractivity contribution is 9.10. The predicted octanol–water partition coefficient (Wildman–Crippen LogP) is 3.10. The van der Waals surface area contributed by atoms with Crippen molar-refractivity contribution in [2.24, 2.45) is 0 Å². The second-order valence-electron chi connectivity index (χ2n) is 6.01. The highest BCUT2D eigenvalue weighted by Crippen LogP contribution is 2.24. The molecule has 0 atom stereocenters. The van der Waals surface area contributed by atoms with Crippen LogP contribution in [0.1, 0.15) is 24.7 Å². The van der Waals surface area contributed by atoms with Crippen LogP contribution >= 0.6 is 15.9 Å². The fraction of sp³-hybridized carbons (Fsp3) is 0.143. The lowest BCUT2D eigenvalue weighted by Gasteiger charge is -2.08. The molecule has 0 saturated heterocycles. The molecule has 0 aliphatic carbocycles. The number of benzene rings is 1. The van der Waals surface area contributed by atoms with Crippen LogP contribution < -0.4 is 16.0 Å². The molecule has 2 heterocycles. The van der Waals surface area contributed by atoms with E-state index in [0.717, 1.165) is 10.0 Å². The number of halogens is 1. The van der Waals surface area contributed by atoms with Crippen molar-refractivity contribution in [1.82, 2.24) is 4.57 Å². The molecule has 1 aromatic carbocycles. The smallest absolute Gasteiger partial charge is 0.261 e. The van der Waals surface area contributed by atoms with Gasteiger partial charge < -0.3 is 9.52 Å². The van der Waals surface area contributed by atoms with Gasteiger partial charge in [-0.15, -0.1) is 0 Å². The van der Waals surface area contributed by atoms with E-state index in [2.05, 4.69) is 22.5 Å². The number of hydrogen-bond acceptors (Lipinski definition) is 4. The van der Waals surface area contributed by atoms with Gasteiger partial charge >= 0.3 is 0 Å². The molecule has 2 aromatic heterocycles. The van der Waals surface area contributed by atoms with E-state index in [-0.39, 0.29) is 21.9 Å². The first-order valence-electron chi connectivity index (χ1n) is 8.38. The van der Waals surface area contributed by atoms with Gasteiger partial charge in [0.1, 0.15) is 23.2 Å². The Balaban J connectivity index is 2.17. The summed E-state index contributed by atoms with van der Waals surface area (Å²) < 4.78 is 8.00. The van der Waals surface area contributed by atoms with Crippen molar-refractivity contribution in [3.63, 3.8) is 0 Å². The summed E-state index contributed by atoms with van der Waals surface area (Å²) in [5, 5.41) is 20.0. The van der Waals surface area contributed by atoms with Crippen molar-refractivity contribution in [1.29, 1.82) is 5.26 Å². The van der Waals surface area contributed by atoms with Gasteiger partial charge in [0.15, 0.2) is 0 Å². The Hall–Kier alpha value is -3.04. The van der Waals surface area contributed by atoms with Crippen LogP contribution in [-0.2, 0) is 6.54 Å². The quantitative estimate of drug-likeness (QED) is 0.697. The van der Waals surface area contributed by atoms with Crippen LogP contribution in [0.3, 0.4) is 0 Å². The Morgan fingerprint density at radius 3 is 2.63 bits per heavy atom. The Morgan fingerprint density at radius 2 is 2.00 bits per heavy atom. The third-order valence-electron chi connectivity index (χ3n) is 4.18. The summed E-state index contributed by atoms with van der Waals surface area (Å²) in [6.07, 6.45) is 2.20. The minimum Gasteiger partial charge on any atom is -0.493 e. The van der Waals surface area contributed by atoms with Gasteiger partial charge in [-0.1, -0.05) is 41.6 Å². The van der Waals surface area contributed by atoms with Gasteiger partial charge in [0.05, 0.1) is 5.22 Å². The van der Waals surface area contributed by atoms with E-state index in [1.165, 1.54) is 4.57 Å². The van der Waals surface area contributed by atoms with Gasteiger partial charge in [-0.2, -0.15) is 5.26 Å². The molecule has 3 aromatic rings. The molecule has 6 heteroatoms. The number of pyridine rings is 1. The molecule has 0 spiro atoms. The summed E-state index contributed by atoms with van der Waals surface area (Å²) in [5.41, 5.74) is 0.494. The van der Waals surface area contributed by atoms with Crippen molar-refractivity contribution in [3.8, 4) is 23.3 Å². The van der Waals surface area contributed by atoms with Crippen molar-refractivity contribution >= 4 is 28.6 Å². The Labute approximate surface area is 164 Å². The third kappa shape index (κ3) is 3.60. The molecule has 0 aliphatic heterocycles. The lowest BCUT2D eigenvalue weighted by Crippen LogP contribution is -2.45. The minimum absolute atomic E-state index is 0.00557. The van der Waals surface area contributed by atoms with E-state index >= 15 is 0 Å². The predicted molar refractivity (Wildman–Crippen MR) is 108 cm³/mol. The fourth-order valence-corrected chi connectivity index (χ4v) is 3.08. The molecule has 1 N–H and O–H groups in total. The highest BCUT2D eigenvalue weighted by Gasteiger charge is 2.13. The molecule has 136 valence electrons. The first kappa shape index (κ1) is 18.7. The molecule has 0 radical (unpaired) electrons. The van der Waals surface area contributed by atoms with E-state index in [4.69, 9.17) is 4.42 Å². The largest absolute Gasteiger partial charge is 0.493 e. The van der Waals surface area contributed by atoms with E-state index < -0.39 is 5.56 Å². The minimum atomic E-state index is -0.403. The van der Waals surface area contributed by atoms with Gasteiger partial charge in [-0.3, -0.25) is 9.36 Å². The summed E-state index contributed by atoms with van der Waals surface area (Å²) in [5.74, 6) is 0.779. The number of hydrogen-bond donors (Lipinski definition) is 1. The fourth-order valence-electron chi connectivity index (χ4n) is 2.81. The zero-order valence-electron chi connectivity index (χ0n) is 14.7. The summed E-state index contributed by atoms with van der Waals surface area (Å²) in [7, 11) is 0. The molecule has 0 saturated carbocycles. The van der Waals surface area contributed by atoms with Crippen molar-refractivity contribution in [2.75, 3.05) is 0 Å². The van der Waals surface area contributed by atoms with Crippen molar-refractivity contribution in [2.45, 2.75) is 19.9 Å². The number of aromatic nitrogens is 1. The van der Waals surface area contributed by atoms with Crippen LogP contribution in [0.5, 0.6) is 5.88 Å². The molecular weight excluding hydrogens is 408 g/mol. The molecular formula is C21H17BrN2O3. The van der Waals surface area contributed by atoms with Gasteiger partial charge in [0, 0.05) is 21.8 Å². The average molecular weight is 425 g/mol. The molecule has 0 amide bonds. The molecule has 0 fully saturated rings. The molecule has 27 heavy (non-hydrogen) atoms. The topological polar surface area (TPSA) is 79.2 Å². The summed E-state index contributed by atoms with van der Waals surface area (Å²) in [4.78, 5) is 12.8. The number of aromatic hydroxyl groups is 1. The molecule has 0 aliphatic rings. The van der Waals surface area contributed by atoms with Crippen LogP contribution in [0.4, 0.5) is 0 Å². The first-order chi connectivity index (χ1) is 13.0. The maximum absolute atomic E-state index is 12.8. The highest BCUT2D eigenvalue weighted by atomic mass is 79.9. The SMILES string of the molecule is C=c1c(C#N)c(O)n(CCC)c(=O)/c1=C/c1ccc(-c2ccc(Br)cc2)o1. The zero-order chi connectivity index (χ0) is 19.6. The second kappa shape index (κ2) is 7.68. The van der Waals surface area contributed by atoms with Crippen molar-refractivity contribution in [3.05, 3.63) is 73.0 Å². The van der Waals surface area contributed by atoms with Crippen LogP contribution in [-0.4, -0.2) is 9.67 Å². The average Bonchev–Trinajstić information content (AvgIpc) is 3.12. The van der Waals surface area contributed by atoms with Gasteiger partial charge in [-0.25, -0.2) is 0 Å². The summed E-state index contributed by atoms with van der Waals surface area (Å²) in [6, 6.07) is 13.2. The van der Waals surface area contributed by atoms with Crippen molar-refractivity contribution < 1.29 is 9.52 Å². The maximum atomic E-state index is 12.8. The second-order valence-corrected chi connectivity index (χ2v) is 6.93. The van der Waals surface area contributed by atoms with E-state index in [0.29, 0.717) is 24.5 Å². The van der Waals surface area contributed by atoms with E-state index in [1.54, 1.807) is 12.1 Å². The number of nitrogens with zero attached hydrogens (tertiary/aromatic N) is 2. The van der Waals surface area contributed by atoms with Gasteiger partial charge in [-0.05, 0) is 36.8 Å². The third-order valence-corrected chi connectivity index (χ3v) is 4.71. The number of rotatable bonds is 4. The van der Waals surface area contributed by atoms with E-state index in [1.807, 2.05) is 43.3 Å². The summed E-state index contributed by atoms with van der Waals surface area (Å²) >= 11 is 3.39. The standard InChI is InChI=1S/C21H17BrN2O3/c1-3-10-24-20(25)17(13(2)18(12-23)21(24)26)11-16-8-9-19(27-16)14-4-6-15(22)7-5-14/h4-9,11,26H,2-3,10H2,1H3/b17-11+. The first-order valence-corrected chi connectivity index (χ1v) is 9.18. The molecule has 3 rings (SSSR count). The normalized spacial score (nSPS) is 11.5. The lowest BCUT2D eigenvalue weighted by atomic mass is 10.1. The maximum Gasteiger partial charge on any atom is 0.261 e. The molecule has 5 nitrogen and oxygen atoms in total. The Morgan fingerprint density at radius 1 is 1.30 bits per heavy atom. The number of nitriles is 1. The number of furan rings is 1. The lowest BCUT2D eigenvalue weighted by molar-refractivity contribution is 0.401. The van der Waals surface area contributed by atoms with Crippen LogP contribution in [0.25, 0.3) is 24.0 Å². The van der Waals surface area contributed by atoms with Gasteiger partial charge in [0.25, 0.3) is 5.56 Å². The molecule has 0 unspecified atom stereocenters. The van der Waals surface area contributed by atoms with E-state index in [9.17, 15) is 15.2 Å². The monoisotopic (exact) mass is 424 g/mol. The summed E-state index contributed by atoms with van der Waals surface area (Å²) in [6.45, 7) is 6.00. The Kier molecular flexibility index (Phi) is 5.33. The molecule has 0 bridgehead atoms. The Bertz CT molecular complexity index is 1200.